The lowest BCUT2D eigenvalue weighted by Gasteiger charge is -2.45. The van der Waals surface area contributed by atoms with Gasteiger partial charge in [0.05, 0.1) is 12.0 Å². The van der Waals surface area contributed by atoms with Crippen LogP contribution in [0, 0.1) is 5.92 Å². The van der Waals surface area contributed by atoms with Gasteiger partial charge in [0, 0.05) is 32.3 Å². The molecule has 296 valence electrons. The van der Waals surface area contributed by atoms with Crippen LogP contribution in [0.15, 0.2) is 121 Å². The second-order valence-corrected chi connectivity index (χ2v) is 26.8. The molecule has 0 aliphatic heterocycles. The molecule has 55 heavy (non-hydrogen) atoms. The first kappa shape index (κ1) is 42.8. The predicted molar refractivity (Wildman–Crippen MR) is 232 cm³/mol. The highest BCUT2D eigenvalue weighted by Crippen LogP contribution is 2.38. The van der Waals surface area contributed by atoms with E-state index in [2.05, 4.69) is 168 Å². The third-order valence-electron chi connectivity index (χ3n) is 11.2. The van der Waals surface area contributed by atoms with Crippen LogP contribution in [0.1, 0.15) is 81.6 Å². The number of benzene rings is 4. The molecule has 0 heterocycles. The molecule has 0 amide bonds. The molecule has 4 aromatic carbocycles. The zero-order chi connectivity index (χ0) is 39.9. The Morgan fingerprint density at radius 1 is 0.600 bits per heavy atom. The third-order valence-corrected chi connectivity index (χ3v) is 21.3. The van der Waals surface area contributed by atoms with Crippen LogP contribution in [-0.4, -0.2) is 76.7 Å². The van der Waals surface area contributed by atoms with Crippen LogP contribution in [-0.2, 0) is 18.4 Å². The van der Waals surface area contributed by atoms with Gasteiger partial charge in [-0.2, -0.15) is 0 Å². The molecule has 0 bridgehead atoms. The number of carbonyl (C=O) groups is 1. The maximum atomic E-state index is 13.5. The summed E-state index contributed by atoms with van der Waals surface area (Å²) in [6, 6.07) is 42.6. The van der Waals surface area contributed by atoms with E-state index in [1.54, 1.807) is 0 Å². The Morgan fingerprint density at radius 2 is 0.945 bits per heavy atom. The van der Waals surface area contributed by atoms with Crippen molar-refractivity contribution >= 4 is 43.4 Å². The molecule has 0 radical (unpaired) electrons. The molecule has 0 aromatic heterocycles. The van der Waals surface area contributed by atoms with Gasteiger partial charge in [0.15, 0.2) is 0 Å². The topological polar surface area (TPSA) is 68.2 Å². The van der Waals surface area contributed by atoms with Crippen LogP contribution >= 0.6 is 0 Å². The molecule has 1 saturated carbocycles. The van der Waals surface area contributed by atoms with E-state index in [1.807, 2.05) is 20.8 Å². The van der Waals surface area contributed by atoms with Crippen molar-refractivity contribution in [3.63, 3.8) is 0 Å². The minimum Gasteiger partial charge on any atom is -0.460 e. The summed E-state index contributed by atoms with van der Waals surface area (Å²) in [4.78, 5) is 15.8. The van der Waals surface area contributed by atoms with Gasteiger partial charge >= 0.3 is 5.97 Å². The van der Waals surface area contributed by atoms with Gasteiger partial charge in [-0.05, 0) is 64.4 Å². The first-order valence-electron chi connectivity index (χ1n) is 20.2. The Labute approximate surface area is 333 Å². The average molecular weight is 780 g/mol. The zero-order valence-electron chi connectivity index (χ0n) is 34.8. The van der Waals surface area contributed by atoms with Crippen LogP contribution in [0.4, 0.5) is 0 Å². The highest BCUT2D eigenvalue weighted by Gasteiger charge is 2.52. The molecule has 5 rings (SSSR count). The van der Waals surface area contributed by atoms with Gasteiger partial charge in [-0.25, -0.2) is 0 Å². The van der Waals surface area contributed by atoms with Crippen molar-refractivity contribution in [2.75, 3.05) is 26.3 Å². The first-order chi connectivity index (χ1) is 26.0. The zero-order valence-corrected chi connectivity index (χ0v) is 36.8. The summed E-state index contributed by atoms with van der Waals surface area (Å²) >= 11 is 0. The van der Waals surface area contributed by atoms with E-state index in [0.717, 1.165) is 12.8 Å². The van der Waals surface area contributed by atoms with Crippen LogP contribution in [0.3, 0.4) is 0 Å². The van der Waals surface area contributed by atoms with Gasteiger partial charge < -0.3 is 18.7 Å². The van der Waals surface area contributed by atoms with Crippen molar-refractivity contribution in [1.29, 1.82) is 0 Å². The van der Waals surface area contributed by atoms with Crippen molar-refractivity contribution in [3.8, 4) is 0 Å². The summed E-state index contributed by atoms with van der Waals surface area (Å²) in [5.41, 5.74) is -0.628. The van der Waals surface area contributed by atoms with Gasteiger partial charge in [0.1, 0.15) is 5.60 Å². The second-order valence-electron chi connectivity index (χ2n) is 18.2. The summed E-state index contributed by atoms with van der Waals surface area (Å²) in [7, 11) is -5.61. The lowest BCUT2D eigenvalue weighted by Crippen LogP contribution is -2.67. The monoisotopic (exact) mass is 779 g/mol. The number of hydrogen-bond donors (Lipinski definition) is 1. The van der Waals surface area contributed by atoms with Gasteiger partial charge in [0.25, 0.3) is 16.6 Å². The fourth-order valence-electron chi connectivity index (χ4n) is 8.79. The van der Waals surface area contributed by atoms with Crippen molar-refractivity contribution in [2.24, 2.45) is 5.92 Å². The average Bonchev–Trinajstić information content (AvgIpc) is 3.14. The number of esters is 1. The van der Waals surface area contributed by atoms with E-state index < -0.39 is 34.3 Å². The Morgan fingerprint density at radius 3 is 1.25 bits per heavy atom. The maximum absolute atomic E-state index is 13.5. The van der Waals surface area contributed by atoms with Crippen molar-refractivity contribution < 1.29 is 23.5 Å². The van der Waals surface area contributed by atoms with E-state index in [0.29, 0.717) is 32.7 Å². The van der Waals surface area contributed by atoms with E-state index in [-0.39, 0.29) is 22.1 Å². The number of rotatable bonds is 14. The molecular formula is C47H65NO5Si2. The maximum Gasteiger partial charge on any atom is 0.312 e. The van der Waals surface area contributed by atoms with Crippen molar-refractivity contribution in [1.82, 2.24) is 4.90 Å². The highest BCUT2D eigenvalue weighted by atomic mass is 28.4. The minimum absolute atomic E-state index is 0.168. The normalized spacial score (nSPS) is 18.6. The Bertz CT molecular complexity index is 1580. The van der Waals surface area contributed by atoms with Crippen LogP contribution in [0.2, 0.25) is 10.1 Å². The van der Waals surface area contributed by atoms with E-state index in [1.165, 1.54) is 20.7 Å². The number of hydrogen-bond acceptors (Lipinski definition) is 6. The number of carbonyl (C=O) groups excluding carboxylic acids is 1. The third kappa shape index (κ3) is 9.61. The van der Waals surface area contributed by atoms with E-state index >= 15 is 0 Å². The molecule has 1 aliphatic rings. The van der Waals surface area contributed by atoms with Crippen LogP contribution in [0.25, 0.3) is 0 Å². The standard InChI is InChI=1S/C47H65NO5Si2/c1-45(2,3)53-44(50)41-31-22-32-42(43(41)49)48(33-35-51-54(46(4,5)6,37-23-14-10-15-24-37)38-25-16-11-17-26-38)34-36-52-55(47(7,8)9,39-27-18-12-19-28-39)40-29-20-13-21-30-40/h10-21,23-30,41-43,49H,22,31-36H2,1-9H3/t41-,42+,43+/m0/s1. The van der Waals surface area contributed by atoms with Crippen LogP contribution < -0.4 is 20.7 Å². The molecule has 1 fully saturated rings. The van der Waals surface area contributed by atoms with Crippen molar-refractivity contribution in [2.45, 2.75) is 109 Å². The van der Waals surface area contributed by atoms with Crippen molar-refractivity contribution in [3.05, 3.63) is 121 Å². The quantitative estimate of drug-likeness (QED) is 0.107. The fourth-order valence-corrected chi connectivity index (χ4v) is 17.9. The van der Waals surface area contributed by atoms with E-state index in [4.69, 9.17) is 13.6 Å². The predicted octanol–water partition coefficient (Wildman–Crippen LogP) is 7.31. The second kappa shape index (κ2) is 17.8. The summed E-state index contributed by atoms with van der Waals surface area (Å²) in [6.07, 6.45) is 1.34. The Kier molecular flexibility index (Phi) is 13.9. The fraction of sp³-hybridized carbons (Fsp3) is 0.468. The Hall–Kier alpha value is -3.38. The SMILES string of the molecule is CC(C)(C)OC(=O)[C@H]1CCC[C@@H](N(CCO[Si](c2ccccc2)(c2ccccc2)C(C)(C)C)CCO[Si](c2ccccc2)(c2ccccc2)C(C)(C)C)[C@@H]1O. The molecule has 0 saturated heterocycles. The Balaban J connectivity index is 1.50. The minimum atomic E-state index is -2.80. The smallest absolute Gasteiger partial charge is 0.312 e. The molecule has 1 aliphatic carbocycles. The summed E-state index contributed by atoms with van der Waals surface area (Å²) < 4.78 is 20.6. The van der Waals surface area contributed by atoms with Gasteiger partial charge in [-0.3, -0.25) is 9.69 Å². The number of aliphatic hydroxyl groups excluding tert-OH is 1. The van der Waals surface area contributed by atoms with Gasteiger partial charge in [0.2, 0.25) is 0 Å². The molecule has 3 atom stereocenters. The molecule has 4 aromatic rings. The number of aliphatic hydroxyl groups is 1. The summed E-state index contributed by atoms with van der Waals surface area (Å²) in [5, 5.41) is 16.7. The lowest BCUT2D eigenvalue weighted by atomic mass is 9.82. The first-order valence-corrected chi connectivity index (χ1v) is 24.0. The molecule has 1 N–H and O–H groups in total. The highest BCUT2D eigenvalue weighted by molar-refractivity contribution is 7.00. The molecular weight excluding hydrogens is 715 g/mol. The molecule has 0 unspecified atom stereocenters. The molecule has 8 heteroatoms. The van der Waals surface area contributed by atoms with Crippen LogP contribution in [0.5, 0.6) is 0 Å². The number of ether oxygens (including phenoxy) is 1. The van der Waals surface area contributed by atoms with Gasteiger partial charge in [-0.1, -0.05) is 169 Å². The molecule has 0 spiro atoms. The molecule has 6 nitrogen and oxygen atoms in total. The van der Waals surface area contributed by atoms with Gasteiger partial charge in [-0.15, -0.1) is 0 Å². The number of nitrogens with zero attached hydrogens (tertiary/aromatic N) is 1. The lowest BCUT2D eigenvalue weighted by molar-refractivity contribution is -0.168. The summed E-state index contributed by atoms with van der Waals surface area (Å²) in [5.74, 6) is -0.910. The summed E-state index contributed by atoms with van der Waals surface area (Å²) in [6.45, 7) is 21.5. The van der Waals surface area contributed by atoms with E-state index in [9.17, 15) is 9.90 Å². The largest absolute Gasteiger partial charge is 0.460 e.